The van der Waals surface area contributed by atoms with Gasteiger partial charge in [-0.1, -0.05) is 22.0 Å². The first-order valence-corrected chi connectivity index (χ1v) is 6.55. The second-order valence-corrected chi connectivity index (χ2v) is 4.75. The SMILES string of the molecule is CCNc1cc(N(C)c2cccc(Br)c2)ncn1. The van der Waals surface area contributed by atoms with E-state index in [2.05, 4.69) is 37.3 Å². The molecule has 1 heterocycles. The van der Waals surface area contributed by atoms with Gasteiger partial charge >= 0.3 is 0 Å². The van der Waals surface area contributed by atoms with Crippen molar-refractivity contribution in [2.24, 2.45) is 0 Å². The minimum atomic E-state index is 0.837. The van der Waals surface area contributed by atoms with Crippen LogP contribution in [0, 0.1) is 0 Å². The normalized spacial score (nSPS) is 10.2. The molecule has 0 unspecified atom stereocenters. The Kier molecular flexibility index (Phi) is 4.15. The van der Waals surface area contributed by atoms with Gasteiger partial charge in [0, 0.05) is 29.8 Å². The van der Waals surface area contributed by atoms with Crippen LogP contribution in [0.15, 0.2) is 41.1 Å². The molecule has 0 amide bonds. The molecule has 0 aliphatic carbocycles. The van der Waals surface area contributed by atoms with Crippen LogP contribution >= 0.6 is 15.9 Å². The second-order valence-electron chi connectivity index (χ2n) is 3.83. The Morgan fingerprint density at radius 2 is 2.11 bits per heavy atom. The Bertz CT molecular complexity index is 530. The molecule has 94 valence electrons. The lowest BCUT2D eigenvalue weighted by Gasteiger charge is -2.18. The molecule has 1 N–H and O–H groups in total. The Morgan fingerprint density at radius 1 is 1.28 bits per heavy atom. The molecule has 2 aromatic rings. The summed E-state index contributed by atoms with van der Waals surface area (Å²) < 4.78 is 1.05. The Hall–Kier alpha value is -1.62. The van der Waals surface area contributed by atoms with E-state index in [-0.39, 0.29) is 0 Å². The second kappa shape index (κ2) is 5.82. The third-order valence-electron chi connectivity index (χ3n) is 2.55. The highest BCUT2D eigenvalue weighted by molar-refractivity contribution is 9.10. The van der Waals surface area contributed by atoms with Crippen LogP contribution in [0.4, 0.5) is 17.3 Å². The van der Waals surface area contributed by atoms with Gasteiger partial charge in [-0.2, -0.15) is 0 Å². The van der Waals surface area contributed by atoms with Gasteiger partial charge in [-0.15, -0.1) is 0 Å². The first kappa shape index (κ1) is 12.8. The molecule has 0 aliphatic heterocycles. The first-order valence-electron chi connectivity index (χ1n) is 5.76. The standard InChI is InChI=1S/C13H15BrN4/c1-3-15-12-8-13(17-9-16-12)18(2)11-6-4-5-10(14)7-11/h4-9H,3H2,1-2H3,(H,15,16,17). The van der Waals surface area contributed by atoms with Gasteiger partial charge < -0.3 is 10.2 Å². The predicted octanol–water partition coefficient (Wildman–Crippen LogP) is 3.44. The molecule has 0 bridgehead atoms. The summed E-state index contributed by atoms with van der Waals surface area (Å²) in [5.41, 5.74) is 1.07. The molecular formula is C13H15BrN4. The van der Waals surface area contributed by atoms with Gasteiger partial charge in [0.2, 0.25) is 0 Å². The van der Waals surface area contributed by atoms with Crippen LogP contribution in [0.1, 0.15) is 6.92 Å². The lowest BCUT2D eigenvalue weighted by molar-refractivity contribution is 1.06. The predicted molar refractivity (Wildman–Crippen MR) is 78.4 cm³/mol. The van der Waals surface area contributed by atoms with Crippen LogP contribution in [0.2, 0.25) is 0 Å². The van der Waals surface area contributed by atoms with E-state index in [9.17, 15) is 0 Å². The van der Waals surface area contributed by atoms with Crippen molar-refractivity contribution in [3.05, 3.63) is 41.1 Å². The summed E-state index contributed by atoms with van der Waals surface area (Å²) in [6.07, 6.45) is 1.57. The molecule has 0 atom stereocenters. The topological polar surface area (TPSA) is 41.0 Å². The molecule has 0 saturated heterocycles. The van der Waals surface area contributed by atoms with Crippen LogP contribution < -0.4 is 10.2 Å². The minimum absolute atomic E-state index is 0.837. The van der Waals surface area contributed by atoms with Crippen molar-refractivity contribution >= 4 is 33.3 Å². The van der Waals surface area contributed by atoms with Gasteiger partial charge in [0.25, 0.3) is 0 Å². The summed E-state index contributed by atoms with van der Waals surface area (Å²) in [6, 6.07) is 10.0. The summed E-state index contributed by atoms with van der Waals surface area (Å²) in [7, 11) is 1.99. The molecule has 2 rings (SSSR count). The number of benzene rings is 1. The molecule has 18 heavy (non-hydrogen) atoms. The quantitative estimate of drug-likeness (QED) is 0.939. The number of halogens is 1. The summed E-state index contributed by atoms with van der Waals surface area (Å²) in [4.78, 5) is 10.5. The Morgan fingerprint density at radius 3 is 2.83 bits per heavy atom. The maximum Gasteiger partial charge on any atom is 0.138 e. The van der Waals surface area contributed by atoms with Gasteiger partial charge in [0.15, 0.2) is 0 Å². The zero-order valence-corrected chi connectivity index (χ0v) is 12.0. The van der Waals surface area contributed by atoms with Crippen LogP contribution in [0.3, 0.4) is 0 Å². The molecular weight excluding hydrogens is 292 g/mol. The number of aromatic nitrogens is 2. The maximum absolute atomic E-state index is 4.29. The number of hydrogen-bond donors (Lipinski definition) is 1. The molecule has 1 aromatic heterocycles. The van der Waals surface area contributed by atoms with Crippen molar-refractivity contribution in [2.45, 2.75) is 6.92 Å². The molecule has 0 saturated carbocycles. The van der Waals surface area contributed by atoms with E-state index >= 15 is 0 Å². The molecule has 1 aromatic carbocycles. The van der Waals surface area contributed by atoms with Crippen molar-refractivity contribution in [3.63, 3.8) is 0 Å². The van der Waals surface area contributed by atoms with Crippen LogP contribution in [0.5, 0.6) is 0 Å². The van der Waals surface area contributed by atoms with Crippen LogP contribution in [-0.4, -0.2) is 23.6 Å². The Labute approximate surface area is 115 Å². The lowest BCUT2D eigenvalue weighted by Crippen LogP contribution is -2.12. The smallest absolute Gasteiger partial charge is 0.138 e. The van der Waals surface area contributed by atoms with Crippen molar-refractivity contribution in [3.8, 4) is 0 Å². The van der Waals surface area contributed by atoms with Crippen LogP contribution in [-0.2, 0) is 0 Å². The van der Waals surface area contributed by atoms with Gasteiger partial charge in [-0.05, 0) is 25.1 Å². The number of hydrogen-bond acceptors (Lipinski definition) is 4. The third-order valence-corrected chi connectivity index (χ3v) is 3.04. The van der Waals surface area contributed by atoms with Crippen molar-refractivity contribution in [2.75, 3.05) is 23.8 Å². The number of rotatable bonds is 4. The first-order chi connectivity index (χ1) is 8.70. The molecule has 4 nitrogen and oxygen atoms in total. The van der Waals surface area contributed by atoms with E-state index in [1.54, 1.807) is 6.33 Å². The highest BCUT2D eigenvalue weighted by Crippen LogP contribution is 2.25. The maximum atomic E-state index is 4.29. The molecule has 0 aliphatic rings. The molecule has 0 spiro atoms. The monoisotopic (exact) mass is 306 g/mol. The van der Waals surface area contributed by atoms with E-state index in [0.29, 0.717) is 0 Å². The molecule has 0 radical (unpaired) electrons. The van der Waals surface area contributed by atoms with E-state index in [1.165, 1.54) is 0 Å². The number of anilines is 3. The molecule has 0 fully saturated rings. The fourth-order valence-corrected chi connectivity index (χ4v) is 2.01. The summed E-state index contributed by atoms with van der Waals surface area (Å²) in [5.74, 6) is 1.70. The average Bonchev–Trinajstić information content (AvgIpc) is 2.39. The zero-order chi connectivity index (χ0) is 13.0. The van der Waals surface area contributed by atoms with Gasteiger partial charge in [0.1, 0.15) is 18.0 Å². The minimum Gasteiger partial charge on any atom is -0.370 e. The fraction of sp³-hybridized carbons (Fsp3) is 0.231. The highest BCUT2D eigenvalue weighted by Gasteiger charge is 2.06. The fourth-order valence-electron chi connectivity index (χ4n) is 1.63. The zero-order valence-electron chi connectivity index (χ0n) is 10.4. The van der Waals surface area contributed by atoms with Crippen LogP contribution in [0.25, 0.3) is 0 Å². The van der Waals surface area contributed by atoms with Crippen molar-refractivity contribution < 1.29 is 0 Å². The summed E-state index contributed by atoms with van der Waals surface area (Å²) >= 11 is 3.47. The van der Waals surface area contributed by atoms with Gasteiger partial charge in [-0.3, -0.25) is 0 Å². The summed E-state index contributed by atoms with van der Waals surface area (Å²) in [5, 5.41) is 3.18. The van der Waals surface area contributed by atoms with E-state index in [0.717, 1.165) is 28.3 Å². The van der Waals surface area contributed by atoms with E-state index in [4.69, 9.17) is 0 Å². The Balaban J connectivity index is 2.27. The highest BCUT2D eigenvalue weighted by atomic mass is 79.9. The number of nitrogens with one attached hydrogen (secondary N) is 1. The van der Waals surface area contributed by atoms with E-state index in [1.807, 2.05) is 43.1 Å². The average molecular weight is 307 g/mol. The van der Waals surface area contributed by atoms with Gasteiger partial charge in [-0.25, -0.2) is 9.97 Å². The molecule has 5 heteroatoms. The van der Waals surface area contributed by atoms with Crippen molar-refractivity contribution in [1.82, 2.24) is 9.97 Å². The van der Waals surface area contributed by atoms with Crippen molar-refractivity contribution in [1.29, 1.82) is 0 Å². The summed E-state index contributed by atoms with van der Waals surface area (Å²) in [6.45, 7) is 2.89. The van der Waals surface area contributed by atoms with E-state index < -0.39 is 0 Å². The largest absolute Gasteiger partial charge is 0.370 e. The number of nitrogens with zero attached hydrogens (tertiary/aromatic N) is 3. The third kappa shape index (κ3) is 2.98. The lowest BCUT2D eigenvalue weighted by atomic mass is 10.3. The van der Waals surface area contributed by atoms with Gasteiger partial charge in [0.05, 0.1) is 0 Å².